The van der Waals surface area contributed by atoms with Crippen molar-refractivity contribution in [3.05, 3.63) is 59.8 Å². The van der Waals surface area contributed by atoms with Gasteiger partial charge < -0.3 is 14.5 Å². The van der Waals surface area contributed by atoms with Crippen LogP contribution in [0.25, 0.3) is 10.9 Å². The molecular weight excluding hydrogens is 250 g/mol. The van der Waals surface area contributed by atoms with Crippen LogP contribution in [0.15, 0.2) is 48.5 Å². The maximum absolute atomic E-state index is 5.82. The molecule has 0 unspecified atom stereocenters. The van der Waals surface area contributed by atoms with E-state index in [9.17, 15) is 0 Å². The van der Waals surface area contributed by atoms with E-state index in [1.54, 1.807) is 7.11 Å². The number of hydrogen-bond donors (Lipinski definition) is 1. The molecule has 0 radical (unpaired) electrons. The highest BCUT2D eigenvalue weighted by molar-refractivity contribution is 5.81. The molecule has 1 aromatic heterocycles. The third-order valence-corrected chi connectivity index (χ3v) is 3.29. The minimum atomic E-state index is 0.494. The number of nitrogens with one attached hydrogen (secondary N) is 1. The molecule has 0 saturated carbocycles. The van der Waals surface area contributed by atoms with Crippen molar-refractivity contribution in [1.82, 2.24) is 4.98 Å². The Morgan fingerprint density at radius 2 is 1.80 bits per heavy atom. The first-order chi connectivity index (χ1) is 9.76. The van der Waals surface area contributed by atoms with Crippen LogP contribution in [0, 0.1) is 6.92 Å². The lowest BCUT2D eigenvalue weighted by molar-refractivity contribution is 0.281. The quantitative estimate of drug-likeness (QED) is 0.773. The zero-order valence-electron chi connectivity index (χ0n) is 11.6. The fraction of sp³-hybridized carbons (Fsp3) is 0.176. The third kappa shape index (κ3) is 2.48. The molecule has 0 aliphatic rings. The van der Waals surface area contributed by atoms with Gasteiger partial charge in [0.2, 0.25) is 0 Å². The predicted octanol–water partition coefficient (Wildman–Crippen LogP) is 4.06. The fourth-order valence-corrected chi connectivity index (χ4v) is 2.27. The lowest BCUT2D eigenvalue weighted by Gasteiger charge is -2.09. The summed E-state index contributed by atoms with van der Waals surface area (Å²) in [5.74, 6) is 1.50. The normalized spacial score (nSPS) is 10.7. The van der Waals surface area contributed by atoms with E-state index in [4.69, 9.17) is 9.47 Å². The van der Waals surface area contributed by atoms with Gasteiger partial charge in [-0.2, -0.15) is 0 Å². The van der Waals surface area contributed by atoms with Crippen LogP contribution in [0.1, 0.15) is 11.3 Å². The first kappa shape index (κ1) is 12.6. The highest BCUT2D eigenvalue weighted by atomic mass is 16.5. The summed E-state index contributed by atoms with van der Waals surface area (Å²) in [4.78, 5) is 3.38. The Balaban J connectivity index is 1.79. The molecule has 3 aromatic rings. The second kappa shape index (κ2) is 5.29. The molecule has 0 atom stereocenters. The summed E-state index contributed by atoms with van der Waals surface area (Å²) in [6.45, 7) is 2.58. The minimum absolute atomic E-state index is 0.494. The molecule has 0 spiro atoms. The Morgan fingerprint density at radius 3 is 2.60 bits per heavy atom. The van der Waals surface area contributed by atoms with Gasteiger partial charge in [0.25, 0.3) is 0 Å². The van der Waals surface area contributed by atoms with Gasteiger partial charge in [-0.1, -0.05) is 24.3 Å². The predicted molar refractivity (Wildman–Crippen MR) is 80.4 cm³/mol. The van der Waals surface area contributed by atoms with Crippen molar-refractivity contribution in [1.29, 1.82) is 0 Å². The number of fused-ring (bicyclic) bond motifs is 1. The number of aromatic nitrogens is 1. The van der Waals surface area contributed by atoms with Gasteiger partial charge in [0.15, 0.2) is 11.5 Å². The fourth-order valence-electron chi connectivity index (χ4n) is 2.27. The Hall–Kier alpha value is -2.42. The minimum Gasteiger partial charge on any atom is -0.493 e. The molecule has 0 aliphatic carbocycles. The van der Waals surface area contributed by atoms with E-state index in [0.717, 1.165) is 22.7 Å². The summed E-state index contributed by atoms with van der Waals surface area (Å²) in [5, 5.41) is 1.20. The molecule has 3 rings (SSSR count). The number of para-hydroxylation sites is 2. The molecule has 0 saturated heterocycles. The van der Waals surface area contributed by atoms with Crippen molar-refractivity contribution < 1.29 is 9.47 Å². The van der Waals surface area contributed by atoms with Gasteiger partial charge in [0.1, 0.15) is 6.61 Å². The van der Waals surface area contributed by atoms with Gasteiger partial charge >= 0.3 is 0 Å². The Kier molecular flexibility index (Phi) is 3.33. The Labute approximate surface area is 118 Å². The zero-order valence-corrected chi connectivity index (χ0v) is 11.6. The monoisotopic (exact) mass is 267 g/mol. The smallest absolute Gasteiger partial charge is 0.161 e. The zero-order chi connectivity index (χ0) is 13.9. The summed E-state index contributed by atoms with van der Waals surface area (Å²) in [6, 6.07) is 16.2. The number of aromatic amines is 1. The first-order valence-corrected chi connectivity index (χ1v) is 6.60. The second-order valence-corrected chi connectivity index (χ2v) is 4.82. The highest BCUT2D eigenvalue weighted by Gasteiger charge is 2.05. The summed E-state index contributed by atoms with van der Waals surface area (Å²) in [5.41, 5.74) is 3.44. The molecule has 0 bridgehead atoms. The number of benzene rings is 2. The number of methoxy groups -OCH3 is 1. The number of hydrogen-bond acceptors (Lipinski definition) is 2. The van der Waals surface area contributed by atoms with Gasteiger partial charge in [0.05, 0.1) is 12.8 Å². The van der Waals surface area contributed by atoms with Gasteiger partial charge in [-0.05, 0) is 42.1 Å². The largest absolute Gasteiger partial charge is 0.493 e. The van der Waals surface area contributed by atoms with Gasteiger partial charge in [0, 0.05) is 5.52 Å². The van der Waals surface area contributed by atoms with E-state index in [0.29, 0.717) is 6.61 Å². The van der Waals surface area contributed by atoms with E-state index in [2.05, 4.69) is 36.2 Å². The summed E-state index contributed by atoms with van der Waals surface area (Å²) in [7, 11) is 1.65. The molecule has 1 N–H and O–H groups in total. The number of H-pyrrole nitrogens is 1. The average Bonchev–Trinajstić information content (AvgIpc) is 2.87. The maximum atomic E-state index is 5.82. The lowest BCUT2D eigenvalue weighted by atomic mass is 10.2. The van der Waals surface area contributed by atoms with Crippen molar-refractivity contribution in [2.24, 2.45) is 0 Å². The van der Waals surface area contributed by atoms with E-state index in [-0.39, 0.29) is 0 Å². The number of aryl methyl sites for hydroxylation is 1. The van der Waals surface area contributed by atoms with Crippen LogP contribution >= 0.6 is 0 Å². The standard InChI is InChI=1S/C17H17NO2/c1-12-7-8-13-10-14(18-15(13)9-12)11-20-17-6-4-3-5-16(17)19-2/h3-10,18H,11H2,1-2H3. The van der Waals surface area contributed by atoms with Gasteiger partial charge in [-0.3, -0.25) is 0 Å². The van der Waals surface area contributed by atoms with Crippen LogP contribution in [0.3, 0.4) is 0 Å². The summed E-state index contributed by atoms with van der Waals surface area (Å²) in [6.07, 6.45) is 0. The molecule has 3 heteroatoms. The second-order valence-electron chi connectivity index (χ2n) is 4.82. The van der Waals surface area contributed by atoms with Gasteiger partial charge in [-0.15, -0.1) is 0 Å². The van der Waals surface area contributed by atoms with Crippen molar-refractivity contribution in [3.63, 3.8) is 0 Å². The van der Waals surface area contributed by atoms with Crippen LogP contribution in [0.2, 0.25) is 0 Å². The van der Waals surface area contributed by atoms with Crippen LogP contribution in [0.4, 0.5) is 0 Å². The molecular formula is C17H17NO2. The highest BCUT2D eigenvalue weighted by Crippen LogP contribution is 2.27. The molecule has 102 valence electrons. The van der Waals surface area contributed by atoms with E-state index in [1.165, 1.54) is 10.9 Å². The topological polar surface area (TPSA) is 34.2 Å². The molecule has 2 aromatic carbocycles. The van der Waals surface area contributed by atoms with Gasteiger partial charge in [-0.25, -0.2) is 0 Å². The van der Waals surface area contributed by atoms with Crippen LogP contribution in [-0.4, -0.2) is 12.1 Å². The van der Waals surface area contributed by atoms with E-state index in [1.807, 2.05) is 24.3 Å². The van der Waals surface area contributed by atoms with E-state index < -0.39 is 0 Å². The first-order valence-electron chi connectivity index (χ1n) is 6.60. The van der Waals surface area contributed by atoms with E-state index >= 15 is 0 Å². The Morgan fingerprint density at radius 1 is 1.00 bits per heavy atom. The van der Waals surface area contributed by atoms with Crippen molar-refractivity contribution in [2.75, 3.05) is 7.11 Å². The third-order valence-electron chi connectivity index (χ3n) is 3.29. The number of ether oxygens (including phenoxy) is 2. The molecule has 20 heavy (non-hydrogen) atoms. The maximum Gasteiger partial charge on any atom is 0.161 e. The van der Waals surface area contributed by atoms with Crippen molar-refractivity contribution in [2.45, 2.75) is 13.5 Å². The molecule has 0 fully saturated rings. The van der Waals surface area contributed by atoms with Crippen molar-refractivity contribution >= 4 is 10.9 Å². The number of rotatable bonds is 4. The summed E-state index contributed by atoms with van der Waals surface area (Å²) < 4.78 is 11.1. The van der Waals surface area contributed by atoms with Crippen LogP contribution < -0.4 is 9.47 Å². The lowest BCUT2D eigenvalue weighted by Crippen LogP contribution is -1.97. The SMILES string of the molecule is COc1ccccc1OCc1cc2ccc(C)cc2[nH]1. The molecule has 0 amide bonds. The summed E-state index contributed by atoms with van der Waals surface area (Å²) >= 11 is 0. The Bertz CT molecular complexity index is 731. The average molecular weight is 267 g/mol. The van der Waals surface area contributed by atoms with Crippen LogP contribution in [0.5, 0.6) is 11.5 Å². The van der Waals surface area contributed by atoms with Crippen molar-refractivity contribution in [3.8, 4) is 11.5 Å². The molecule has 3 nitrogen and oxygen atoms in total. The molecule has 0 aliphatic heterocycles. The van der Waals surface area contributed by atoms with Crippen LogP contribution in [-0.2, 0) is 6.61 Å². The molecule has 1 heterocycles.